The number of hydrogen-bond acceptors (Lipinski definition) is 3. The summed E-state index contributed by atoms with van der Waals surface area (Å²) in [5.74, 6) is -0.350. The van der Waals surface area contributed by atoms with Crippen molar-refractivity contribution in [1.82, 2.24) is 0 Å². The van der Waals surface area contributed by atoms with Gasteiger partial charge < -0.3 is 10.5 Å². The first-order valence-electron chi connectivity index (χ1n) is 5.09. The fourth-order valence-electron chi connectivity index (χ4n) is 1.53. The quantitative estimate of drug-likeness (QED) is 0.869. The summed E-state index contributed by atoms with van der Waals surface area (Å²) >= 11 is 9.34. The largest absolute Gasteiger partial charge is 0.469 e. The van der Waals surface area contributed by atoms with E-state index < -0.39 is 11.5 Å². The molecule has 0 saturated heterocycles. The Morgan fingerprint density at radius 2 is 2.12 bits per heavy atom. The van der Waals surface area contributed by atoms with Gasteiger partial charge in [0.05, 0.1) is 12.5 Å². The van der Waals surface area contributed by atoms with Gasteiger partial charge in [-0.25, -0.2) is 0 Å². The number of hydrogen-bond donors (Lipinski definition) is 1. The molecule has 5 heteroatoms. The predicted octanol–water partition coefficient (Wildman–Crippen LogP) is 3.30. The molecular weight excluding hydrogens is 305 g/mol. The van der Waals surface area contributed by atoms with Crippen LogP contribution >= 0.6 is 27.5 Å². The molecule has 1 aromatic rings. The maximum Gasteiger partial charge on any atom is 0.313 e. The number of ether oxygens (including phenoxy) is 1. The van der Waals surface area contributed by atoms with E-state index in [1.807, 2.05) is 6.07 Å². The zero-order valence-corrected chi connectivity index (χ0v) is 12.3. The van der Waals surface area contributed by atoms with E-state index in [0.29, 0.717) is 5.02 Å². The van der Waals surface area contributed by atoms with Gasteiger partial charge in [0.2, 0.25) is 0 Å². The molecule has 0 amide bonds. The Morgan fingerprint density at radius 3 is 2.65 bits per heavy atom. The van der Waals surface area contributed by atoms with E-state index >= 15 is 0 Å². The standard InChI is InChI=1S/C12H15BrClNO2/c1-12(2,11(16)17-3)10(15)8-6-7(14)4-5-9(8)13/h4-6,10H,15H2,1-3H3/t10-/m1/s1. The lowest BCUT2D eigenvalue weighted by molar-refractivity contribution is -0.152. The number of methoxy groups -OCH3 is 1. The Balaban J connectivity index is 3.15. The topological polar surface area (TPSA) is 52.3 Å². The van der Waals surface area contributed by atoms with E-state index in [2.05, 4.69) is 15.9 Å². The van der Waals surface area contributed by atoms with Crippen LogP contribution in [-0.2, 0) is 9.53 Å². The summed E-state index contributed by atoms with van der Waals surface area (Å²) in [7, 11) is 1.35. The van der Waals surface area contributed by atoms with Crippen LogP contribution in [0, 0.1) is 5.41 Å². The lowest BCUT2D eigenvalue weighted by atomic mass is 9.81. The summed E-state index contributed by atoms with van der Waals surface area (Å²) in [6, 6.07) is 4.82. The lowest BCUT2D eigenvalue weighted by Gasteiger charge is -2.29. The van der Waals surface area contributed by atoms with Gasteiger partial charge in [0.15, 0.2) is 0 Å². The summed E-state index contributed by atoms with van der Waals surface area (Å²) in [5, 5.41) is 0.583. The maximum absolute atomic E-state index is 11.7. The van der Waals surface area contributed by atoms with Crippen molar-refractivity contribution < 1.29 is 9.53 Å². The van der Waals surface area contributed by atoms with E-state index in [1.54, 1.807) is 26.0 Å². The van der Waals surface area contributed by atoms with Crippen molar-refractivity contribution in [3.8, 4) is 0 Å². The molecule has 3 nitrogen and oxygen atoms in total. The van der Waals surface area contributed by atoms with Gasteiger partial charge in [-0.15, -0.1) is 0 Å². The van der Waals surface area contributed by atoms with Gasteiger partial charge in [0, 0.05) is 15.5 Å². The van der Waals surface area contributed by atoms with E-state index in [4.69, 9.17) is 22.1 Å². The van der Waals surface area contributed by atoms with Gasteiger partial charge in [-0.3, -0.25) is 4.79 Å². The Labute approximate surface area is 114 Å². The second-order valence-electron chi connectivity index (χ2n) is 4.36. The van der Waals surface area contributed by atoms with Crippen molar-refractivity contribution in [3.63, 3.8) is 0 Å². The number of carbonyl (C=O) groups is 1. The zero-order valence-electron chi connectivity index (χ0n) is 9.96. The summed E-state index contributed by atoms with van der Waals surface area (Å²) in [6.07, 6.45) is 0. The second kappa shape index (κ2) is 5.38. The minimum absolute atomic E-state index is 0.350. The first-order valence-corrected chi connectivity index (χ1v) is 6.26. The van der Waals surface area contributed by atoms with Crippen LogP contribution in [0.4, 0.5) is 0 Å². The van der Waals surface area contributed by atoms with E-state index in [9.17, 15) is 4.79 Å². The van der Waals surface area contributed by atoms with Gasteiger partial charge in [-0.1, -0.05) is 27.5 Å². The molecule has 94 valence electrons. The van der Waals surface area contributed by atoms with Crippen LogP contribution in [0.2, 0.25) is 5.02 Å². The van der Waals surface area contributed by atoms with Crippen molar-refractivity contribution in [1.29, 1.82) is 0 Å². The number of nitrogens with two attached hydrogens (primary N) is 1. The summed E-state index contributed by atoms with van der Waals surface area (Å²) in [6.45, 7) is 3.49. The van der Waals surface area contributed by atoms with E-state index in [1.165, 1.54) is 7.11 Å². The van der Waals surface area contributed by atoms with Crippen molar-refractivity contribution in [3.05, 3.63) is 33.3 Å². The molecule has 0 aliphatic rings. The van der Waals surface area contributed by atoms with Crippen LogP contribution in [0.1, 0.15) is 25.5 Å². The van der Waals surface area contributed by atoms with Gasteiger partial charge in [-0.2, -0.15) is 0 Å². The van der Waals surface area contributed by atoms with Crippen LogP contribution < -0.4 is 5.73 Å². The van der Waals surface area contributed by atoms with Crippen LogP contribution in [0.5, 0.6) is 0 Å². The highest BCUT2D eigenvalue weighted by Crippen LogP contribution is 2.37. The molecule has 0 heterocycles. The normalized spacial score (nSPS) is 13.3. The Hall–Kier alpha value is -0.580. The third-order valence-electron chi connectivity index (χ3n) is 2.78. The molecule has 0 aliphatic carbocycles. The van der Waals surface area contributed by atoms with Crippen molar-refractivity contribution in [2.24, 2.45) is 11.1 Å². The molecule has 0 fully saturated rings. The Bertz CT molecular complexity index is 435. The molecule has 0 saturated carbocycles. The van der Waals surface area contributed by atoms with Gasteiger partial charge in [-0.05, 0) is 37.6 Å². The van der Waals surface area contributed by atoms with Gasteiger partial charge >= 0.3 is 5.97 Å². The molecule has 0 bridgehead atoms. The average Bonchev–Trinajstić information content (AvgIpc) is 2.30. The van der Waals surface area contributed by atoms with Crippen molar-refractivity contribution >= 4 is 33.5 Å². The van der Waals surface area contributed by atoms with Crippen LogP contribution in [-0.4, -0.2) is 13.1 Å². The molecular formula is C12H15BrClNO2. The van der Waals surface area contributed by atoms with E-state index in [0.717, 1.165) is 10.0 Å². The zero-order chi connectivity index (χ0) is 13.2. The summed E-state index contributed by atoms with van der Waals surface area (Å²) < 4.78 is 5.59. The molecule has 0 radical (unpaired) electrons. The Kier molecular flexibility index (Phi) is 4.58. The first-order chi connectivity index (χ1) is 7.80. The second-order valence-corrected chi connectivity index (χ2v) is 5.65. The summed E-state index contributed by atoms with van der Waals surface area (Å²) in [5.41, 5.74) is 6.10. The molecule has 2 N–H and O–H groups in total. The van der Waals surface area contributed by atoms with Gasteiger partial charge in [0.25, 0.3) is 0 Å². The molecule has 0 aliphatic heterocycles. The average molecular weight is 321 g/mol. The molecule has 17 heavy (non-hydrogen) atoms. The Morgan fingerprint density at radius 1 is 1.53 bits per heavy atom. The fraction of sp³-hybridized carbons (Fsp3) is 0.417. The molecule has 1 atom stereocenters. The monoisotopic (exact) mass is 319 g/mol. The summed E-state index contributed by atoms with van der Waals surface area (Å²) in [4.78, 5) is 11.7. The van der Waals surface area contributed by atoms with Crippen molar-refractivity contribution in [2.45, 2.75) is 19.9 Å². The van der Waals surface area contributed by atoms with Gasteiger partial charge in [0.1, 0.15) is 0 Å². The number of esters is 1. The SMILES string of the molecule is COC(=O)C(C)(C)[C@H](N)c1cc(Cl)ccc1Br. The molecule has 0 unspecified atom stereocenters. The molecule has 0 spiro atoms. The minimum atomic E-state index is -0.818. The van der Waals surface area contributed by atoms with Crippen molar-refractivity contribution in [2.75, 3.05) is 7.11 Å². The van der Waals surface area contributed by atoms with Crippen LogP contribution in [0.25, 0.3) is 0 Å². The minimum Gasteiger partial charge on any atom is -0.469 e. The number of carbonyl (C=O) groups excluding carboxylic acids is 1. The number of rotatable bonds is 3. The highest BCUT2D eigenvalue weighted by atomic mass is 79.9. The maximum atomic E-state index is 11.7. The molecule has 1 aromatic carbocycles. The first kappa shape index (κ1) is 14.5. The predicted molar refractivity (Wildman–Crippen MR) is 71.9 cm³/mol. The highest BCUT2D eigenvalue weighted by molar-refractivity contribution is 9.10. The fourth-order valence-corrected chi connectivity index (χ4v) is 2.21. The van der Waals surface area contributed by atoms with E-state index in [-0.39, 0.29) is 5.97 Å². The van der Waals surface area contributed by atoms with Crippen LogP contribution in [0.3, 0.4) is 0 Å². The smallest absolute Gasteiger partial charge is 0.313 e. The molecule has 1 rings (SSSR count). The number of halogens is 2. The molecule has 0 aromatic heterocycles. The number of benzene rings is 1. The third-order valence-corrected chi connectivity index (χ3v) is 3.74. The third kappa shape index (κ3) is 3.00. The lowest BCUT2D eigenvalue weighted by Crippen LogP contribution is -2.37. The highest BCUT2D eigenvalue weighted by Gasteiger charge is 2.37. The van der Waals surface area contributed by atoms with Crippen LogP contribution in [0.15, 0.2) is 22.7 Å².